The number of halogens is 1. The second kappa shape index (κ2) is 6.06. The number of rotatable bonds is 4. The predicted molar refractivity (Wildman–Crippen MR) is 75.6 cm³/mol. The van der Waals surface area contributed by atoms with Crippen LogP contribution in [0.4, 0.5) is 10.1 Å². The van der Waals surface area contributed by atoms with Gasteiger partial charge in [-0.2, -0.15) is 5.26 Å². The van der Waals surface area contributed by atoms with Gasteiger partial charge in [0.2, 0.25) is 0 Å². The fourth-order valence-corrected chi connectivity index (χ4v) is 2.88. The smallest absolute Gasteiger partial charge is 0.126 e. The first-order valence-electron chi connectivity index (χ1n) is 7.07. The Morgan fingerprint density at radius 3 is 2.58 bits per heavy atom. The molecule has 1 saturated carbocycles. The van der Waals surface area contributed by atoms with Gasteiger partial charge >= 0.3 is 0 Å². The van der Waals surface area contributed by atoms with Gasteiger partial charge in [0.1, 0.15) is 5.82 Å². The number of anilines is 1. The second-order valence-electron chi connectivity index (χ2n) is 5.79. The lowest BCUT2D eigenvalue weighted by Gasteiger charge is -2.33. The van der Waals surface area contributed by atoms with Gasteiger partial charge < -0.3 is 4.90 Å². The molecule has 1 aromatic carbocycles. The van der Waals surface area contributed by atoms with Crippen molar-refractivity contribution in [2.45, 2.75) is 45.6 Å². The van der Waals surface area contributed by atoms with Gasteiger partial charge in [-0.1, -0.05) is 26.7 Å². The summed E-state index contributed by atoms with van der Waals surface area (Å²) in [5.41, 5.74) is 1.26. The van der Waals surface area contributed by atoms with Gasteiger partial charge in [-0.05, 0) is 37.0 Å². The molecule has 0 atom stereocenters. The summed E-state index contributed by atoms with van der Waals surface area (Å²) in [6.45, 7) is 5.26. The molecule has 0 unspecified atom stereocenters. The maximum Gasteiger partial charge on any atom is 0.126 e. The summed E-state index contributed by atoms with van der Waals surface area (Å²) in [5.74, 6) is 0.204. The molecule has 19 heavy (non-hydrogen) atoms. The summed E-state index contributed by atoms with van der Waals surface area (Å²) in [6.07, 6.45) is 4.84. The lowest BCUT2D eigenvalue weighted by molar-refractivity contribution is 0.533. The minimum atomic E-state index is -0.319. The monoisotopic (exact) mass is 260 g/mol. The molecule has 0 aliphatic heterocycles. The van der Waals surface area contributed by atoms with Gasteiger partial charge in [0.15, 0.2) is 0 Å². The lowest BCUT2D eigenvalue weighted by atomic mass is 10.1. The molecule has 102 valence electrons. The molecule has 1 aromatic rings. The average Bonchev–Trinajstić information content (AvgIpc) is 2.88. The van der Waals surface area contributed by atoms with Crippen molar-refractivity contribution in [3.05, 3.63) is 29.6 Å². The fourth-order valence-electron chi connectivity index (χ4n) is 2.88. The number of nitrogens with zero attached hydrogens (tertiary/aromatic N) is 2. The minimum absolute atomic E-state index is 0.319. The first kappa shape index (κ1) is 13.9. The van der Waals surface area contributed by atoms with E-state index in [0.717, 1.165) is 12.2 Å². The molecule has 0 bridgehead atoms. The summed E-state index contributed by atoms with van der Waals surface area (Å²) in [7, 11) is 0. The SMILES string of the molecule is CC(C)CN(c1cc(F)cc(C#N)c1)C1CCCC1. The van der Waals surface area contributed by atoms with E-state index in [1.807, 2.05) is 12.1 Å². The summed E-state index contributed by atoms with van der Waals surface area (Å²) in [5, 5.41) is 8.98. The summed E-state index contributed by atoms with van der Waals surface area (Å²) in [6, 6.07) is 7.20. The van der Waals surface area contributed by atoms with E-state index in [2.05, 4.69) is 18.7 Å². The lowest BCUT2D eigenvalue weighted by Crippen LogP contribution is -2.36. The van der Waals surface area contributed by atoms with Gasteiger partial charge in [-0.3, -0.25) is 0 Å². The van der Waals surface area contributed by atoms with Crippen LogP contribution in [0.25, 0.3) is 0 Å². The maximum atomic E-state index is 13.6. The highest BCUT2D eigenvalue weighted by Gasteiger charge is 2.24. The molecule has 0 radical (unpaired) electrons. The van der Waals surface area contributed by atoms with Crippen molar-refractivity contribution in [3.8, 4) is 6.07 Å². The highest BCUT2D eigenvalue weighted by atomic mass is 19.1. The normalized spacial score (nSPS) is 15.7. The molecule has 1 aliphatic rings. The van der Waals surface area contributed by atoms with Crippen LogP contribution in [0.15, 0.2) is 18.2 Å². The zero-order chi connectivity index (χ0) is 13.8. The fraction of sp³-hybridized carbons (Fsp3) is 0.562. The summed E-state index contributed by atoms with van der Waals surface area (Å²) >= 11 is 0. The second-order valence-corrected chi connectivity index (χ2v) is 5.79. The molecule has 0 saturated heterocycles. The van der Waals surface area contributed by atoms with E-state index >= 15 is 0 Å². The van der Waals surface area contributed by atoms with E-state index in [1.54, 1.807) is 6.07 Å². The third kappa shape index (κ3) is 3.47. The molecular formula is C16H21FN2. The largest absolute Gasteiger partial charge is 0.368 e. The predicted octanol–water partition coefficient (Wildman–Crippen LogP) is 4.10. The minimum Gasteiger partial charge on any atom is -0.368 e. The average molecular weight is 260 g/mol. The number of nitriles is 1. The Kier molecular flexibility index (Phi) is 4.42. The Morgan fingerprint density at radius 2 is 2.00 bits per heavy atom. The molecular weight excluding hydrogens is 239 g/mol. The summed E-state index contributed by atoms with van der Waals surface area (Å²) < 4.78 is 13.6. The van der Waals surface area contributed by atoms with Crippen LogP contribution in [0.3, 0.4) is 0 Å². The zero-order valence-electron chi connectivity index (χ0n) is 11.7. The number of benzene rings is 1. The molecule has 0 aromatic heterocycles. The molecule has 3 heteroatoms. The van der Waals surface area contributed by atoms with Gasteiger partial charge in [-0.25, -0.2) is 4.39 Å². The van der Waals surface area contributed by atoms with Crippen LogP contribution in [-0.4, -0.2) is 12.6 Å². The van der Waals surface area contributed by atoms with Crippen LogP contribution in [0.2, 0.25) is 0 Å². The van der Waals surface area contributed by atoms with Crippen LogP contribution < -0.4 is 4.90 Å². The van der Waals surface area contributed by atoms with E-state index in [1.165, 1.54) is 31.7 Å². The standard InChI is InChI=1S/C16H21FN2/c1-12(2)11-19(15-5-3-4-6-15)16-8-13(10-18)7-14(17)9-16/h7-9,12,15H,3-6,11H2,1-2H3. The van der Waals surface area contributed by atoms with Crippen LogP contribution in [0.5, 0.6) is 0 Å². The Morgan fingerprint density at radius 1 is 1.32 bits per heavy atom. The van der Waals surface area contributed by atoms with Gasteiger partial charge in [-0.15, -0.1) is 0 Å². The van der Waals surface area contributed by atoms with Gasteiger partial charge in [0.25, 0.3) is 0 Å². The van der Waals surface area contributed by atoms with Crippen LogP contribution >= 0.6 is 0 Å². The van der Waals surface area contributed by atoms with E-state index in [-0.39, 0.29) is 5.82 Å². The highest BCUT2D eigenvalue weighted by Crippen LogP contribution is 2.30. The van der Waals surface area contributed by atoms with Gasteiger partial charge in [0, 0.05) is 18.3 Å². The van der Waals surface area contributed by atoms with E-state index in [4.69, 9.17) is 5.26 Å². The number of hydrogen-bond donors (Lipinski definition) is 0. The molecule has 1 fully saturated rings. The van der Waals surface area contributed by atoms with Crippen LogP contribution in [0, 0.1) is 23.1 Å². The molecule has 1 aliphatic carbocycles. The van der Waals surface area contributed by atoms with Crippen molar-refractivity contribution in [3.63, 3.8) is 0 Å². The first-order chi connectivity index (χ1) is 9.10. The third-order valence-electron chi connectivity index (χ3n) is 3.67. The molecule has 0 heterocycles. The van der Waals surface area contributed by atoms with E-state index in [9.17, 15) is 4.39 Å². The molecule has 0 spiro atoms. The van der Waals surface area contributed by atoms with Crippen molar-refractivity contribution in [1.29, 1.82) is 5.26 Å². The van der Waals surface area contributed by atoms with E-state index < -0.39 is 0 Å². The highest BCUT2D eigenvalue weighted by molar-refractivity contribution is 5.53. The quantitative estimate of drug-likeness (QED) is 0.814. The Hall–Kier alpha value is -1.56. The topological polar surface area (TPSA) is 27.0 Å². The Labute approximate surface area is 114 Å². The van der Waals surface area contributed by atoms with Crippen molar-refractivity contribution in [2.24, 2.45) is 5.92 Å². The van der Waals surface area contributed by atoms with Gasteiger partial charge in [0.05, 0.1) is 11.6 Å². The van der Waals surface area contributed by atoms with E-state index in [0.29, 0.717) is 17.5 Å². The van der Waals surface area contributed by atoms with Crippen LogP contribution in [-0.2, 0) is 0 Å². The zero-order valence-corrected chi connectivity index (χ0v) is 11.7. The van der Waals surface area contributed by atoms with Crippen LogP contribution in [0.1, 0.15) is 45.1 Å². The Balaban J connectivity index is 2.31. The first-order valence-corrected chi connectivity index (χ1v) is 7.07. The van der Waals surface area contributed by atoms with Crippen molar-refractivity contribution in [2.75, 3.05) is 11.4 Å². The molecule has 2 rings (SSSR count). The summed E-state index contributed by atoms with van der Waals surface area (Å²) in [4.78, 5) is 2.29. The van der Waals surface area contributed by atoms with Crippen molar-refractivity contribution >= 4 is 5.69 Å². The molecule has 0 N–H and O–H groups in total. The molecule has 2 nitrogen and oxygen atoms in total. The Bertz CT molecular complexity index is 470. The third-order valence-corrected chi connectivity index (χ3v) is 3.67. The van der Waals surface area contributed by atoms with Crippen molar-refractivity contribution < 1.29 is 4.39 Å². The van der Waals surface area contributed by atoms with Crippen molar-refractivity contribution in [1.82, 2.24) is 0 Å². The maximum absolute atomic E-state index is 13.6. The molecule has 0 amide bonds. The number of hydrogen-bond acceptors (Lipinski definition) is 2.